The van der Waals surface area contributed by atoms with E-state index in [0.717, 1.165) is 0 Å². The molecule has 0 amide bonds. The molecule has 0 rings (SSSR count). The van der Waals surface area contributed by atoms with Crippen molar-refractivity contribution in [3.8, 4) is 0 Å². The van der Waals surface area contributed by atoms with E-state index in [4.69, 9.17) is 104 Å². The maximum atomic E-state index is 12.0. The van der Waals surface area contributed by atoms with Crippen LogP contribution < -0.4 is 0 Å². The van der Waals surface area contributed by atoms with Gasteiger partial charge in [-0.05, 0) is 0 Å². The van der Waals surface area contributed by atoms with Gasteiger partial charge in [-0.15, -0.1) is 0 Å². The topological polar surface area (TPSA) is 157 Å². The molecule has 4 atom stereocenters. The van der Waals surface area contributed by atoms with Crippen LogP contribution in [0.15, 0.2) is 0 Å². The maximum absolute atomic E-state index is 12.0. The lowest BCUT2D eigenvalue weighted by atomic mass is 10.0. The van der Waals surface area contributed by atoms with E-state index >= 15 is 0 Å². The van der Waals surface area contributed by atoms with Crippen LogP contribution in [-0.4, -0.2) is 81.6 Å². The highest BCUT2D eigenvalue weighted by Crippen LogP contribution is 2.33. The normalized spacial score (nSPS) is 16.5. The lowest BCUT2D eigenvalue weighted by molar-refractivity contribution is -0.202. The smallest absolute Gasteiger partial charge is 0.359 e. The Hall–Kier alpha value is 0.410. The van der Waals surface area contributed by atoms with Gasteiger partial charge in [-0.3, -0.25) is 0 Å². The fourth-order valence-corrected chi connectivity index (χ4v) is 1.99. The van der Waals surface area contributed by atoms with E-state index in [1.807, 2.05) is 0 Å². The molecular weight excluding hydrogens is 623 g/mol. The number of rotatable bonds is 8. The fourth-order valence-electron chi connectivity index (χ4n) is 1.59. The first-order valence-electron chi connectivity index (χ1n) is 7.08. The zero-order valence-electron chi connectivity index (χ0n) is 14.1. The summed E-state index contributed by atoms with van der Waals surface area (Å²) < 4.78 is 5.31. The van der Waals surface area contributed by atoms with Gasteiger partial charge in [-0.25, -0.2) is 19.2 Å². The summed E-state index contributed by atoms with van der Waals surface area (Å²) in [4.78, 5) is 47.4. The predicted molar refractivity (Wildman–Crippen MR) is 111 cm³/mol. The van der Waals surface area contributed by atoms with E-state index in [-0.39, 0.29) is 0 Å². The van der Waals surface area contributed by atoms with Crippen molar-refractivity contribution in [1.82, 2.24) is 0 Å². The molecule has 0 aliphatic heterocycles. The fraction of sp³-hybridized carbons (Fsp3) is 0.667. The quantitative estimate of drug-likeness (QED) is 0.206. The summed E-state index contributed by atoms with van der Waals surface area (Å²) in [5.74, 6) is -7.42. The maximum Gasteiger partial charge on any atom is 0.359 e. The van der Waals surface area contributed by atoms with Crippen LogP contribution in [0, 0.1) is 0 Å². The third-order valence-corrected chi connectivity index (χ3v) is 4.24. The van der Waals surface area contributed by atoms with Crippen LogP contribution in [0.4, 0.5) is 0 Å². The molecular formula is C12H9Cl9O10. The van der Waals surface area contributed by atoms with Crippen molar-refractivity contribution in [1.29, 1.82) is 0 Å². The van der Waals surface area contributed by atoms with E-state index in [1.54, 1.807) is 0 Å². The third-order valence-electron chi connectivity index (χ3n) is 2.85. The van der Waals surface area contributed by atoms with Crippen LogP contribution in [0.5, 0.6) is 0 Å². The largest absolute Gasteiger partial charge is 0.478 e. The van der Waals surface area contributed by atoms with Gasteiger partial charge in [0.05, 0.1) is 6.61 Å². The molecule has 0 bridgehead atoms. The minimum Gasteiger partial charge on any atom is -0.478 e. The van der Waals surface area contributed by atoms with E-state index in [0.29, 0.717) is 0 Å². The van der Waals surface area contributed by atoms with Gasteiger partial charge in [0.1, 0.15) is 6.10 Å². The average molecular weight is 632 g/mol. The first-order valence-corrected chi connectivity index (χ1v) is 10.5. The lowest BCUT2D eigenvalue weighted by Crippen LogP contribution is -2.56. The molecule has 0 saturated carbocycles. The number of carbonyl (C=O) groups is 4. The number of aliphatic hydroxyl groups excluding tert-OH is 2. The summed E-state index contributed by atoms with van der Waals surface area (Å²) in [6, 6.07) is 0. The number of alkyl halides is 9. The summed E-state index contributed by atoms with van der Waals surface area (Å²) in [5.41, 5.74) is 0. The molecule has 0 saturated heterocycles. The molecule has 0 fully saturated rings. The van der Waals surface area contributed by atoms with E-state index < -0.39 is 66.3 Å². The number of esters is 3. The Bertz CT molecular complexity index is 684. The van der Waals surface area contributed by atoms with Gasteiger partial charge in [0, 0.05) is 0 Å². The van der Waals surface area contributed by atoms with Gasteiger partial charge in [-0.2, -0.15) is 0 Å². The number of ether oxygens (including phenoxy) is 3. The number of carbonyl (C=O) groups excluding carboxylic acids is 3. The van der Waals surface area contributed by atoms with Gasteiger partial charge in [0.25, 0.3) is 11.4 Å². The Kier molecular flexibility index (Phi) is 12.4. The number of hydrogen-bond acceptors (Lipinski definition) is 9. The zero-order valence-corrected chi connectivity index (χ0v) is 20.9. The molecule has 0 aromatic rings. The van der Waals surface area contributed by atoms with Crippen molar-refractivity contribution in [3.05, 3.63) is 0 Å². The van der Waals surface area contributed by atoms with Crippen LogP contribution >= 0.6 is 104 Å². The summed E-state index contributed by atoms with van der Waals surface area (Å²) in [6.45, 7) is -1.25. The molecule has 0 aromatic carbocycles. The second-order valence-corrected chi connectivity index (χ2v) is 12.0. The Morgan fingerprint density at radius 1 is 0.677 bits per heavy atom. The molecule has 0 unspecified atom stereocenters. The number of halogens is 9. The third kappa shape index (κ3) is 10.5. The Labute approximate surface area is 218 Å². The molecule has 0 aliphatic rings. The molecule has 0 heterocycles. The molecule has 0 spiro atoms. The monoisotopic (exact) mass is 628 g/mol. The number of aliphatic hydroxyl groups is 2. The minimum absolute atomic E-state index is 1.25. The van der Waals surface area contributed by atoms with Gasteiger partial charge in [0.15, 0.2) is 12.2 Å². The number of carboxylic acids is 1. The van der Waals surface area contributed by atoms with Crippen molar-refractivity contribution in [2.24, 2.45) is 0 Å². The summed E-state index contributed by atoms with van der Waals surface area (Å²) in [5, 5.41) is 28.6. The van der Waals surface area contributed by atoms with Crippen molar-refractivity contribution < 1.29 is 48.7 Å². The predicted octanol–water partition coefficient (Wildman–Crippen LogP) is 2.27. The molecule has 3 N–H and O–H groups in total. The van der Waals surface area contributed by atoms with E-state index in [1.165, 1.54) is 0 Å². The zero-order chi connectivity index (χ0) is 24.9. The van der Waals surface area contributed by atoms with Gasteiger partial charge in [0.2, 0.25) is 6.10 Å². The van der Waals surface area contributed by atoms with Gasteiger partial charge < -0.3 is 29.5 Å². The van der Waals surface area contributed by atoms with Crippen LogP contribution in [0.25, 0.3) is 0 Å². The summed E-state index contributed by atoms with van der Waals surface area (Å²) in [6.07, 6.45) is -9.81. The van der Waals surface area contributed by atoms with Gasteiger partial charge in [-0.1, -0.05) is 104 Å². The first-order chi connectivity index (χ1) is 13.7. The van der Waals surface area contributed by atoms with Gasteiger partial charge >= 0.3 is 23.9 Å². The van der Waals surface area contributed by atoms with Crippen molar-refractivity contribution in [2.75, 3.05) is 6.61 Å². The molecule has 0 aromatic heterocycles. The number of carboxylic acid groups (broad SMARTS) is 1. The van der Waals surface area contributed by atoms with Crippen LogP contribution in [0.3, 0.4) is 0 Å². The molecule has 10 nitrogen and oxygen atoms in total. The molecule has 180 valence electrons. The van der Waals surface area contributed by atoms with E-state index in [2.05, 4.69) is 14.2 Å². The standard InChI is InChI=1S/C12H9Cl9O10/c13-10(14,15)7(26)29-3(2(23)1-22)4(30-8(27)11(16,17)18)5(6(24)25)31-9(28)12(19,20)21/h2-5,22-23H,1H2,(H,24,25)/t2-,3-,4+,5-/m1/s1. The average Bonchev–Trinajstić information content (AvgIpc) is 2.58. The van der Waals surface area contributed by atoms with Crippen molar-refractivity contribution in [3.63, 3.8) is 0 Å². The lowest BCUT2D eigenvalue weighted by Gasteiger charge is -2.34. The van der Waals surface area contributed by atoms with Crippen LogP contribution in [-0.2, 0) is 33.4 Å². The molecule has 19 heteroatoms. The number of aliphatic carboxylic acids is 1. The second-order valence-electron chi connectivity index (χ2n) is 5.15. The van der Waals surface area contributed by atoms with Crippen molar-refractivity contribution in [2.45, 2.75) is 35.8 Å². The van der Waals surface area contributed by atoms with Crippen molar-refractivity contribution >= 4 is 128 Å². The Balaban J connectivity index is 6.42. The minimum atomic E-state index is -2.84. The number of hydrogen-bond donors (Lipinski definition) is 3. The van der Waals surface area contributed by atoms with Crippen LogP contribution in [0.2, 0.25) is 0 Å². The SMILES string of the molecule is O=C(O)[C@H](OC(=O)C(Cl)(Cl)Cl)[C@@H](OC(=O)C(Cl)(Cl)Cl)[C@H](OC(=O)C(Cl)(Cl)Cl)[C@H](O)CO. The Morgan fingerprint density at radius 2 is 1.00 bits per heavy atom. The highest BCUT2D eigenvalue weighted by Gasteiger charge is 2.51. The highest BCUT2D eigenvalue weighted by molar-refractivity contribution is 6.76. The van der Waals surface area contributed by atoms with E-state index in [9.17, 15) is 34.5 Å². The Morgan fingerprint density at radius 3 is 1.29 bits per heavy atom. The first kappa shape index (κ1) is 31.4. The molecule has 31 heavy (non-hydrogen) atoms. The summed E-state index contributed by atoms with van der Waals surface area (Å²) >= 11 is 47.9. The highest BCUT2D eigenvalue weighted by atomic mass is 35.6. The molecule has 0 radical (unpaired) electrons. The molecule has 0 aliphatic carbocycles. The van der Waals surface area contributed by atoms with Crippen LogP contribution in [0.1, 0.15) is 0 Å². The second kappa shape index (κ2) is 12.2. The summed E-state index contributed by atoms with van der Waals surface area (Å²) in [7, 11) is 0.